The number of hydrogen-bond donors (Lipinski definition) is 2. The van der Waals surface area contributed by atoms with E-state index in [-0.39, 0.29) is 12.1 Å². The van der Waals surface area contributed by atoms with Crippen molar-refractivity contribution in [2.45, 2.75) is 31.1 Å². The minimum Gasteiger partial charge on any atom is -0.488 e. The Morgan fingerprint density at radius 2 is 1.93 bits per heavy atom. The molecule has 0 bridgehead atoms. The van der Waals surface area contributed by atoms with Gasteiger partial charge in [0.05, 0.1) is 0 Å². The zero-order valence-corrected chi connectivity index (χ0v) is 7.97. The number of aliphatic hydroxyl groups is 1. The molecule has 1 aliphatic carbocycles. The standard InChI is InChI=1S/C11H15NO2/c12-9-6-7-10(11(9)13)14-8-4-2-1-3-5-8/h1-5,9-11,13H,6-7,12H2/t9?,10?,11-/m1/s1. The van der Waals surface area contributed by atoms with Crippen molar-refractivity contribution in [3.05, 3.63) is 30.3 Å². The molecule has 1 aliphatic rings. The van der Waals surface area contributed by atoms with E-state index >= 15 is 0 Å². The van der Waals surface area contributed by atoms with Gasteiger partial charge in [-0.25, -0.2) is 0 Å². The van der Waals surface area contributed by atoms with Crippen molar-refractivity contribution in [2.24, 2.45) is 5.73 Å². The molecule has 0 aromatic heterocycles. The van der Waals surface area contributed by atoms with Crippen LogP contribution in [0.5, 0.6) is 5.75 Å². The first kappa shape index (κ1) is 9.49. The molecule has 2 unspecified atom stereocenters. The van der Waals surface area contributed by atoms with Crippen LogP contribution in [0.3, 0.4) is 0 Å². The summed E-state index contributed by atoms with van der Waals surface area (Å²) in [6.07, 6.45) is 0.984. The van der Waals surface area contributed by atoms with E-state index in [1.165, 1.54) is 0 Å². The van der Waals surface area contributed by atoms with E-state index in [1.807, 2.05) is 30.3 Å². The molecule has 1 aromatic rings. The van der Waals surface area contributed by atoms with Gasteiger partial charge in [-0.15, -0.1) is 0 Å². The highest BCUT2D eigenvalue weighted by Gasteiger charge is 2.33. The lowest BCUT2D eigenvalue weighted by Gasteiger charge is -2.18. The normalized spacial score (nSPS) is 31.7. The fourth-order valence-corrected chi connectivity index (χ4v) is 1.78. The molecule has 1 aromatic carbocycles. The summed E-state index contributed by atoms with van der Waals surface area (Å²) < 4.78 is 5.63. The molecule has 0 radical (unpaired) electrons. The van der Waals surface area contributed by atoms with E-state index in [4.69, 9.17) is 10.5 Å². The van der Waals surface area contributed by atoms with Crippen LogP contribution < -0.4 is 10.5 Å². The van der Waals surface area contributed by atoms with Crippen LogP contribution in [0.1, 0.15) is 12.8 Å². The predicted molar refractivity (Wildman–Crippen MR) is 54.1 cm³/mol. The van der Waals surface area contributed by atoms with Crippen LogP contribution in [-0.4, -0.2) is 23.4 Å². The van der Waals surface area contributed by atoms with E-state index in [0.29, 0.717) is 0 Å². The van der Waals surface area contributed by atoms with Gasteiger partial charge in [0.2, 0.25) is 0 Å². The summed E-state index contributed by atoms with van der Waals surface area (Å²) in [4.78, 5) is 0. The van der Waals surface area contributed by atoms with E-state index in [9.17, 15) is 5.11 Å². The van der Waals surface area contributed by atoms with Crippen LogP contribution in [0, 0.1) is 0 Å². The molecule has 3 N–H and O–H groups in total. The van der Waals surface area contributed by atoms with E-state index in [0.717, 1.165) is 18.6 Å². The Labute approximate surface area is 83.5 Å². The molecule has 0 spiro atoms. The highest BCUT2D eigenvalue weighted by atomic mass is 16.5. The quantitative estimate of drug-likeness (QED) is 0.734. The summed E-state index contributed by atoms with van der Waals surface area (Å²) in [7, 11) is 0. The van der Waals surface area contributed by atoms with Gasteiger partial charge in [0.1, 0.15) is 18.0 Å². The average molecular weight is 193 g/mol. The number of nitrogens with two attached hydrogens (primary N) is 1. The fraction of sp³-hybridized carbons (Fsp3) is 0.455. The lowest BCUT2D eigenvalue weighted by molar-refractivity contribution is 0.0521. The molecule has 1 saturated carbocycles. The molecule has 3 heteroatoms. The van der Waals surface area contributed by atoms with E-state index in [2.05, 4.69) is 0 Å². The Morgan fingerprint density at radius 3 is 2.50 bits per heavy atom. The fourth-order valence-electron chi connectivity index (χ4n) is 1.78. The van der Waals surface area contributed by atoms with Gasteiger partial charge in [-0.2, -0.15) is 0 Å². The summed E-state index contributed by atoms with van der Waals surface area (Å²) in [5, 5.41) is 9.67. The highest BCUT2D eigenvalue weighted by molar-refractivity contribution is 5.21. The Kier molecular flexibility index (Phi) is 2.70. The smallest absolute Gasteiger partial charge is 0.126 e. The lowest BCUT2D eigenvalue weighted by atomic mass is 10.2. The molecular formula is C11H15NO2. The van der Waals surface area contributed by atoms with Crippen molar-refractivity contribution in [2.75, 3.05) is 0 Å². The number of ether oxygens (including phenoxy) is 1. The maximum atomic E-state index is 9.67. The first-order valence-electron chi connectivity index (χ1n) is 4.93. The minimum absolute atomic E-state index is 0.135. The zero-order chi connectivity index (χ0) is 9.97. The summed E-state index contributed by atoms with van der Waals surface area (Å²) in [5.74, 6) is 0.797. The van der Waals surface area contributed by atoms with Crippen molar-refractivity contribution >= 4 is 0 Å². The van der Waals surface area contributed by atoms with Gasteiger partial charge in [0.25, 0.3) is 0 Å². The second-order valence-electron chi connectivity index (χ2n) is 3.70. The SMILES string of the molecule is NC1CCC(Oc2ccccc2)[C@@H]1O. The summed E-state index contributed by atoms with van der Waals surface area (Å²) in [6.45, 7) is 0. The molecular weight excluding hydrogens is 178 g/mol. The van der Waals surface area contributed by atoms with E-state index in [1.54, 1.807) is 0 Å². The van der Waals surface area contributed by atoms with Crippen LogP contribution in [0.25, 0.3) is 0 Å². The third-order valence-corrected chi connectivity index (χ3v) is 2.63. The minimum atomic E-state index is -0.532. The van der Waals surface area contributed by atoms with Crippen LogP contribution in [0.2, 0.25) is 0 Å². The summed E-state index contributed by atoms with van der Waals surface area (Å²) >= 11 is 0. The lowest BCUT2D eigenvalue weighted by Crippen LogP contribution is -2.37. The molecule has 0 aliphatic heterocycles. The molecule has 3 nitrogen and oxygen atoms in total. The second kappa shape index (κ2) is 3.98. The van der Waals surface area contributed by atoms with Gasteiger partial charge in [0, 0.05) is 6.04 Å². The van der Waals surface area contributed by atoms with Crippen LogP contribution in [0.15, 0.2) is 30.3 Å². The van der Waals surface area contributed by atoms with Crippen molar-refractivity contribution in [1.82, 2.24) is 0 Å². The summed E-state index contributed by atoms with van der Waals surface area (Å²) in [5.41, 5.74) is 5.69. The third-order valence-electron chi connectivity index (χ3n) is 2.63. The first-order chi connectivity index (χ1) is 6.77. The number of para-hydroxylation sites is 1. The van der Waals surface area contributed by atoms with Crippen molar-refractivity contribution in [3.63, 3.8) is 0 Å². The van der Waals surface area contributed by atoms with Crippen molar-refractivity contribution in [1.29, 1.82) is 0 Å². The zero-order valence-electron chi connectivity index (χ0n) is 7.97. The molecule has 14 heavy (non-hydrogen) atoms. The Bertz CT molecular complexity index is 289. The number of aliphatic hydroxyl groups excluding tert-OH is 1. The number of benzene rings is 1. The van der Waals surface area contributed by atoms with Crippen molar-refractivity contribution in [3.8, 4) is 5.75 Å². The van der Waals surface area contributed by atoms with Gasteiger partial charge in [0.15, 0.2) is 0 Å². The maximum Gasteiger partial charge on any atom is 0.126 e. The predicted octanol–water partition coefficient (Wildman–Crippen LogP) is 0.916. The molecule has 1 fully saturated rings. The highest BCUT2D eigenvalue weighted by Crippen LogP contribution is 2.23. The molecule has 0 amide bonds. The Morgan fingerprint density at radius 1 is 1.21 bits per heavy atom. The maximum absolute atomic E-state index is 9.67. The van der Waals surface area contributed by atoms with Gasteiger partial charge >= 0.3 is 0 Å². The van der Waals surface area contributed by atoms with Gasteiger partial charge in [-0.3, -0.25) is 0 Å². The second-order valence-corrected chi connectivity index (χ2v) is 3.70. The van der Waals surface area contributed by atoms with Gasteiger partial charge in [-0.1, -0.05) is 18.2 Å². The first-order valence-corrected chi connectivity index (χ1v) is 4.93. The number of hydrogen-bond acceptors (Lipinski definition) is 3. The van der Waals surface area contributed by atoms with E-state index < -0.39 is 6.10 Å². The molecule has 0 saturated heterocycles. The Balaban J connectivity index is 1.99. The molecule has 76 valence electrons. The molecule has 3 atom stereocenters. The third kappa shape index (κ3) is 1.89. The van der Waals surface area contributed by atoms with Crippen LogP contribution >= 0.6 is 0 Å². The van der Waals surface area contributed by atoms with Gasteiger partial charge in [-0.05, 0) is 25.0 Å². The molecule has 2 rings (SSSR count). The van der Waals surface area contributed by atoms with Gasteiger partial charge < -0.3 is 15.6 Å². The average Bonchev–Trinajstić information content (AvgIpc) is 2.52. The number of rotatable bonds is 2. The Hall–Kier alpha value is -1.06. The molecule has 0 heterocycles. The topological polar surface area (TPSA) is 55.5 Å². The largest absolute Gasteiger partial charge is 0.488 e. The van der Waals surface area contributed by atoms with Crippen molar-refractivity contribution < 1.29 is 9.84 Å². The van der Waals surface area contributed by atoms with Crippen LogP contribution in [0.4, 0.5) is 0 Å². The van der Waals surface area contributed by atoms with Crippen LogP contribution in [-0.2, 0) is 0 Å². The monoisotopic (exact) mass is 193 g/mol. The summed E-state index contributed by atoms with van der Waals surface area (Å²) in [6, 6.07) is 9.40.